The highest BCUT2D eigenvalue weighted by atomic mass is 16.5. The molecule has 1 N–H and O–H groups in total. The van der Waals surface area contributed by atoms with Crippen LogP contribution in [0.4, 0.5) is 5.82 Å². The lowest BCUT2D eigenvalue weighted by Crippen LogP contribution is -2.67. The lowest BCUT2D eigenvalue weighted by Gasteiger charge is -2.68. The van der Waals surface area contributed by atoms with E-state index in [0.717, 1.165) is 58.7 Å². The number of nitrogens with zero attached hydrogens (tertiary/aromatic N) is 1. The molecule has 1 aromatic heterocycles. The summed E-state index contributed by atoms with van der Waals surface area (Å²) in [4.78, 5) is 16.5. The van der Waals surface area contributed by atoms with Gasteiger partial charge in [0.25, 0.3) is 0 Å². The largest absolute Gasteiger partial charge is 0.497 e. The Hall–Kier alpha value is -3.48. The Bertz CT molecular complexity index is 1190. The summed E-state index contributed by atoms with van der Waals surface area (Å²) in [6.07, 6.45) is 4.36. The van der Waals surface area contributed by atoms with Gasteiger partial charge in [0, 0.05) is 40.6 Å². The van der Waals surface area contributed by atoms with Gasteiger partial charge in [-0.3, -0.25) is 4.79 Å². The van der Waals surface area contributed by atoms with Crippen molar-refractivity contribution in [2.45, 2.75) is 25.8 Å². The maximum Gasteiger partial charge on any atom is 0.311 e. The second-order valence-corrected chi connectivity index (χ2v) is 9.13. The summed E-state index contributed by atoms with van der Waals surface area (Å²) in [7, 11) is 4.75. The number of aromatic nitrogens is 1. The normalized spacial score (nSPS) is 22.6. The highest BCUT2D eigenvalue weighted by molar-refractivity contribution is 5.95. The van der Waals surface area contributed by atoms with Gasteiger partial charge in [0.05, 0.1) is 33.4 Å². The van der Waals surface area contributed by atoms with Crippen molar-refractivity contribution in [1.82, 2.24) is 4.98 Å². The van der Waals surface area contributed by atoms with Crippen LogP contribution in [-0.2, 0) is 16.1 Å². The molecule has 1 heterocycles. The molecule has 3 fully saturated rings. The van der Waals surface area contributed by atoms with E-state index in [1.54, 1.807) is 20.4 Å². The van der Waals surface area contributed by atoms with Gasteiger partial charge < -0.3 is 24.3 Å². The maximum absolute atomic E-state index is 11.9. The van der Waals surface area contributed by atoms with Gasteiger partial charge in [-0.25, -0.2) is 4.98 Å². The van der Waals surface area contributed by atoms with E-state index < -0.39 is 0 Å². The Labute approximate surface area is 193 Å². The zero-order valence-electron chi connectivity index (χ0n) is 19.1. The molecule has 0 saturated heterocycles. The van der Waals surface area contributed by atoms with E-state index in [1.807, 2.05) is 42.5 Å². The van der Waals surface area contributed by atoms with Crippen molar-refractivity contribution in [3.63, 3.8) is 0 Å². The summed E-state index contributed by atoms with van der Waals surface area (Å²) in [6, 6.07) is 13.7. The first kappa shape index (κ1) is 21.4. The molecular formula is C26H28N2O5. The van der Waals surface area contributed by atoms with Crippen molar-refractivity contribution in [1.29, 1.82) is 0 Å². The monoisotopic (exact) mass is 448 g/mol. The first-order chi connectivity index (χ1) is 16.0. The lowest BCUT2D eigenvalue weighted by molar-refractivity contribution is -0.233. The van der Waals surface area contributed by atoms with Crippen molar-refractivity contribution in [2.24, 2.45) is 10.8 Å². The fraction of sp³-hybridized carbons (Fsp3) is 0.385. The average Bonchev–Trinajstić information content (AvgIpc) is 2.80. The molecule has 33 heavy (non-hydrogen) atoms. The number of ether oxygens (including phenoxy) is 4. The van der Waals surface area contributed by atoms with E-state index >= 15 is 0 Å². The highest BCUT2D eigenvalue weighted by Gasteiger charge is 2.72. The summed E-state index contributed by atoms with van der Waals surface area (Å²) >= 11 is 0. The smallest absolute Gasteiger partial charge is 0.311 e. The molecule has 7 nitrogen and oxygen atoms in total. The molecule has 3 aromatic rings. The molecule has 3 aliphatic carbocycles. The van der Waals surface area contributed by atoms with Crippen LogP contribution in [0.2, 0.25) is 0 Å². The lowest BCUT2D eigenvalue weighted by atomic mass is 9.35. The van der Waals surface area contributed by atoms with Crippen LogP contribution in [0.25, 0.3) is 10.8 Å². The minimum Gasteiger partial charge on any atom is -0.497 e. The van der Waals surface area contributed by atoms with Crippen molar-refractivity contribution < 1.29 is 23.7 Å². The first-order valence-corrected chi connectivity index (χ1v) is 11.1. The Morgan fingerprint density at radius 1 is 1.00 bits per heavy atom. The zero-order chi connectivity index (χ0) is 23.1. The SMILES string of the molecule is COC(=O)C12CC(COc3cccc4c(NCc5ccc(OC)cc5OC)nccc34)(C1)C2. The Morgan fingerprint density at radius 3 is 2.55 bits per heavy atom. The number of pyridine rings is 1. The summed E-state index contributed by atoms with van der Waals surface area (Å²) in [5.41, 5.74) is 0.864. The van der Waals surface area contributed by atoms with Crippen LogP contribution >= 0.6 is 0 Å². The van der Waals surface area contributed by atoms with E-state index in [0.29, 0.717) is 13.2 Å². The predicted molar refractivity (Wildman–Crippen MR) is 125 cm³/mol. The van der Waals surface area contributed by atoms with E-state index in [4.69, 9.17) is 18.9 Å². The Kier molecular flexibility index (Phi) is 5.27. The second kappa shape index (κ2) is 8.14. The van der Waals surface area contributed by atoms with Crippen LogP contribution < -0.4 is 19.5 Å². The third kappa shape index (κ3) is 3.61. The molecule has 0 aliphatic heterocycles. The number of carbonyl (C=O) groups is 1. The molecular weight excluding hydrogens is 420 g/mol. The Balaban J connectivity index is 1.29. The third-order valence-electron chi connectivity index (χ3n) is 7.00. The maximum atomic E-state index is 11.9. The van der Waals surface area contributed by atoms with Crippen LogP contribution in [0.1, 0.15) is 24.8 Å². The standard InChI is InChI=1S/C26H28N2O5/c1-30-18-8-7-17(22(11-18)31-2)12-28-23-20-5-4-6-21(19(20)9-10-27-23)33-16-25-13-26(14-25,15-25)24(29)32-3/h4-11H,12-16H2,1-3H3,(H,27,28). The summed E-state index contributed by atoms with van der Waals surface area (Å²) < 4.78 is 22.0. The zero-order valence-corrected chi connectivity index (χ0v) is 19.1. The summed E-state index contributed by atoms with van der Waals surface area (Å²) in [6.45, 7) is 1.17. The number of benzene rings is 2. The van der Waals surface area contributed by atoms with Crippen LogP contribution in [0.3, 0.4) is 0 Å². The summed E-state index contributed by atoms with van der Waals surface area (Å²) in [5.74, 6) is 3.05. The van der Waals surface area contributed by atoms with Gasteiger partial charge in [0.15, 0.2) is 0 Å². The van der Waals surface area contributed by atoms with E-state index in [-0.39, 0.29) is 16.8 Å². The molecule has 172 valence electrons. The molecule has 0 spiro atoms. The topological polar surface area (TPSA) is 78.9 Å². The van der Waals surface area contributed by atoms with E-state index in [1.165, 1.54) is 7.11 Å². The molecule has 3 aliphatic rings. The molecule has 3 saturated carbocycles. The van der Waals surface area contributed by atoms with Gasteiger partial charge in [-0.15, -0.1) is 0 Å². The number of methoxy groups -OCH3 is 3. The van der Waals surface area contributed by atoms with Gasteiger partial charge in [0.1, 0.15) is 23.1 Å². The fourth-order valence-electron chi connectivity index (χ4n) is 5.44. The number of hydrogen-bond donors (Lipinski definition) is 1. The molecule has 0 atom stereocenters. The third-order valence-corrected chi connectivity index (χ3v) is 7.00. The molecule has 0 radical (unpaired) electrons. The van der Waals surface area contributed by atoms with Gasteiger partial charge in [-0.1, -0.05) is 12.1 Å². The van der Waals surface area contributed by atoms with Crippen molar-refractivity contribution in [2.75, 3.05) is 33.3 Å². The van der Waals surface area contributed by atoms with Crippen LogP contribution in [0, 0.1) is 10.8 Å². The number of carbonyl (C=O) groups excluding carboxylic acids is 1. The van der Waals surface area contributed by atoms with Crippen molar-refractivity contribution in [3.05, 3.63) is 54.2 Å². The number of anilines is 1. The molecule has 2 bridgehead atoms. The van der Waals surface area contributed by atoms with Gasteiger partial charge in [0.2, 0.25) is 0 Å². The number of esters is 1. The molecule has 6 rings (SSSR count). The molecule has 2 aromatic carbocycles. The molecule has 0 unspecified atom stereocenters. The minimum absolute atomic E-state index is 0.0789. The van der Waals surface area contributed by atoms with Gasteiger partial charge >= 0.3 is 5.97 Å². The van der Waals surface area contributed by atoms with E-state index in [9.17, 15) is 4.79 Å². The quantitative estimate of drug-likeness (QED) is 0.480. The van der Waals surface area contributed by atoms with Crippen LogP contribution in [-0.4, -0.2) is 38.9 Å². The number of nitrogens with one attached hydrogen (secondary N) is 1. The molecule has 0 amide bonds. The minimum atomic E-state index is -0.250. The van der Waals surface area contributed by atoms with Crippen molar-refractivity contribution in [3.8, 4) is 17.2 Å². The second-order valence-electron chi connectivity index (χ2n) is 9.13. The van der Waals surface area contributed by atoms with Gasteiger partial charge in [-0.2, -0.15) is 0 Å². The predicted octanol–water partition coefficient (Wildman–Crippen LogP) is 4.59. The molecule has 7 heteroatoms. The van der Waals surface area contributed by atoms with Gasteiger partial charge in [-0.05, 0) is 43.5 Å². The fourth-order valence-corrected chi connectivity index (χ4v) is 5.44. The average molecular weight is 449 g/mol. The first-order valence-electron chi connectivity index (χ1n) is 11.1. The number of fused-ring (bicyclic) bond motifs is 1. The van der Waals surface area contributed by atoms with Crippen LogP contribution in [0.15, 0.2) is 48.7 Å². The van der Waals surface area contributed by atoms with Crippen LogP contribution in [0.5, 0.6) is 17.2 Å². The Morgan fingerprint density at radius 2 is 1.82 bits per heavy atom. The number of rotatable bonds is 9. The van der Waals surface area contributed by atoms with E-state index in [2.05, 4.69) is 10.3 Å². The summed E-state index contributed by atoms with van der Waals surface area (Å²) in [5, 5.41) is 5.43. The number of hydrogen-bond acceptors (Lipinski definition) is 7. The highest BCUT2D eigenvalue weighted by Crippen LogP contribution is 2.73. The van der Waals surface area contributed by atoms with Crippen molar-refractivity contribution >= 4 is 22.6 Å².